The van der Waals surface area contributed by atoms with Gasteiger partial charge in [0, 0.05) is 24.4 Å². The van der Waals surface area contributed by atoms with Crippen LogP contribution in [0.25, 0.3) is 0 Å². The normalized spacial score (nSPS) is 31.4. The van der Waals surface area contributed by atoms with Gasteiger partial charge in [-0.15, -0.1) is 0 Å². The molecular weight excluding hydrogens is 280 g/mol. The smallest absolute Gasteiger partial charge is 0.191 e. The van der Waals surface area contributed by atoms with E-state index in [1.165, 1.54) is 44.5 Å². The van der Waals surface area contributed by atoms with Crippen LogP contribution in [0.4, 0.5) is 0 Å². The van der Waals surface area contributed by atoms with Crippen LogP contribution in [0.15, 0.2) is 4.99 Å². The van der Waals surface area contributed by atoms with Gasteiger partial charge in [-0.2, -0.15) is 11.8 Å². The minimum atomic E-state index is 0.355. The summed E-state index contributed by atoms with van der Waals surface area (Å²) in [5.41, 5.74) is 0. The van der Waals surface area contributed by atoms with Crippen molar-refractivity contribution in [1.29, 1.82) is 0 Å². The zero-order valence-corrected chi connectivity index (χ0v) is 14.8. The lowest BCUT2D eigenvalue weighted by atomic mass is 9.99. The highest BCUT2D eigenvalue weighted by molar-refractivity contribution is 8.00. The average Bonchev–Trinajstić information content (AvgIpc) is 2.89. The molecule has 0 aromatic heterocycles. The van der Waals surface area contributed by atoms with E-state index < -0.39 is 0 Å². The number of aliphatic imine (C=N–C) groups is 1. The topological polar surface area (TPSA) is 39.7 Å². The summed E-state index contributed by atoms with van der Waals surface area (Å²) in [5.74, 6) is 3.05. The van der Waals surface area contributed by atoms with E-state index in [1.807, 2.05) is 0 Å². The van der Waals surface area contributed by atoms with Crippen LogP contribution in [0.3, 0.4) is 0 Å². The van der Waals surface area contributed by atoms with E-state index in [9.17, 15) is 0 Å². The first-order chi connectivity index (χ1) is 10.1. The Kier molecular flexibility index (Phi) is 6.68. The molecule has 0 saturated carbocycles. The number of piperidine rings is 1. The second-order valence-corrected chi connectivity index (χ2v) is 8.43. The van der Waals surface area contributed by atoms with Crippen molar-refractivity contribution < 1.29 is 0 Å². The number of nitrogens with zero attached hydrogens (tertiary/aromatic N) is 2. The Morgan fingerprint density at radius 2 is 2.24 bits per heavy atom. The molecule has 0 radical (unpaired) electrons. The van der Waals surface area contributed by atoms with Gasteiger partial charge in [0.1, 0.15) is 0 Å². The lowest BCUT2D eigenvalue weighted by Gasteiger charge is -2.30. The first-order valence-electron chi connectivity index (χ1n) is 8.46. The number of guanidine groups is 1. The van der Waals surface area contributed by atoms with Crippen LogP contribution in [-0.2, 0) is 0 Å². The Morgan fingerprint density at radius 1 is 1.38 bits per heavy atom. The van der Waals surface area contributed by atoms with Crippen LogP contribution >= 0.6 is 11.8 Å². The van der Waals surface area contributed by atoms with Crippen molar-refractivity contribution in [1.82, 2.24) is 15.5 Å². The summed E-state index contributed by atoms with van der Waals surface area (Å²) >= 11 is 2.08. The molecule has 2 aliphatic heterocycles. The second kappa shape index (κ2) is 8.28. The summed E-state index contributed by atoms with van der Waals surface area (Å²) in [6, 6.07) is 0. The summed E-state index contributed by atoms with van der Waals surface area (Å²) < 4.78 is 0.355. The van der Waals surface area contributed by atoms with E-state index in [4.69, 9.17) is 4.99 Å². The fraction of sp³-hybridized carbons (Fsp3) is 0.938. The van der Waals surface area contributed by atoms with Crippen molar-refractivity contribution >= 4 is 17.7 Å². The van der Waals surface area contributed by atoms with Gasteiger partial charge < -0.3 is 15.5 Å². The van der Waals surface area contributed by atoms with E-state index in [0.29, 0.717) is 4.75 Å². The third-order valence-electron chi connectivity index (χ3n) is 4.50. The summed E-state index contributed by atoms with van der Waals surface area (Å²) in [4.78, 5) is 7.27. The molecule has 2 rings (SSSR count). The molecular formula is C16H32N4S. The molecule has 2 aliphatic rings. The predicted molar refractivity (Wildman–Crippen MR) is 94.3 cm³/mol. The zero-order valence-electron chi connectivity index (χ0n) is 14.0. The van der Waals surface area contributed by atoms with Crippen LogP contribution in [-0.4, -0.2) is 61.1 Å². The van der Waals surface area contributed by atoms with Crippen molar-refractivity contribution in [2.24, 2.45) is 10.9 Å². The maximum Gasteiger partial charge on any atom is 0.191 e. The molecule has 0 aliphatic carbocycles. The van der Waals surface area contributed by atoms with Gasteiger partial charge in [-0.3, -0.25) is 4.99 Å². The van der Waals surface area contributed by atoms with E-state index in [-0.39, 0.29) is 0 Å². The van der Waals surface area contributed by atoms with Gasteiger partial charge in [-0.25, -0.2) is 0 Å². The Morgan fingerprint density at radius 3 is 2.90 bits per heavy atom. The van der Waals surface area contributed by atoms with Crippen molar-refractivity contribution in [3.8, 4) is 0 Å². The van der Waals surface area contributed by atoms with Crippen molar-refractivity contribution in [2.75, 3.05) is 45.5 Å². The largest absolute Gasteiger partial charge is 0.357 e. The molecule has 2 unspecified atom stereocenters. The lowest BCUT2D eigenvalue weighted by molar-refractivity contribution is 0.210. The third kappa shape index (κ3) is 5.70. The molecule has 0 spiro atoms. The summed E-state index contributed by atoms with van der Waals surface area (Å²) in [7, 11) is 2.23. The predicted octanol–water partition coefficient (Wildman–Crippen LogP) is 2.17. The van der Waals surface area contributed by atoms with Crippen LogP contribution in [0.2, 0.25) is 0 Å². The number of likely N-dealkylation sites (tertiary alicyclic amines) is 1. The molecule has 2 N–H and O–H groups in total. The minimum absolute atomic E-state index is 0.355. The Hall–Kier alpha value is -0.420. The van der Waals surface area contributed by atoms with Crippen molar-refractivity contribution in [2.45, 2.75) is 44.3 Å². The fourth-order valence-corrected chi connectivity index (χ4v) is 4.46. The first kappa shape index (κ1) is 16.9. The number of hydrogen-bond donors (Lipinski definition) is 2. The summed E-state index contributed by atoms with van der Waals surface area (Å²) in [5, 5.41) is 6.95. The molecule has 2 fully saturated rings. The van der Waals surface area contributed by atoms with Crippen LogP contribution < -0.4 is 10.6 Å². The molecule has 122 valence electrons. The molecule has 21 heavy (non-hydrogen) atoms. The van der Waals surface area contributed by atoms with Gasteiger partial charge in [0.05, 0.1) is 6.54 Å². The van der Waals surface area contributed by atoms with Gasteiger partial charge in [0.15, 0.2) is 5.96 Å². The molecule has 0 amide bonds. The molecule has 2 saturated heterocycles. The molecule has 4 nitrogen and oxygen atoms in total. The molecule has 2 heterocycles. The Labute approximate surface area is 134 Å². The molecule has 2 atom stereocenters. The minimum Gasteiger partial charge on any atom is -0.357 e. The van der Waals surface area contributed by atoms with E-state index in [1.54, 1.807) is 0 Å². The van der Waals surface area contributed by atoms with Crippen LogP contribution in [0.5, 0.6) is 0 Å². The number of thioether (sulfide) groups is 1. The Balaban J connectivity index is 1.80. The van der Waals surface area contributed by atoms with E-state index in [2.05, 4.69) is 48.2 Å². The first-order valence-corrected chi connectivity index (χ1v) is 9.44. The van der Waals surface area contributed by atoms with Gasteiger partial charge in [-0.1, -0.05) is 0 Å². The third-order valence-corrected chi connectivity index (χ3v) is 6.02. The quantitative estimate of drug-likeness (QED) is 0.603. The number of nitrogens with one attached hydrogen (secondary N) is 2. The van der Waals surface area contributed by atoms with E-state index >= 15 is 0 Å². The zero-order chi connectivity index (χ0) is 15.1. The number of hydrogen-bond acceptors (Lipinski definition) is 3. The Bertz CT molecular complexity index is 339. The fourth-order valence-electron chi connectivity index (χ4n) is 3.23. The number of rotatable bonds is 5. The highest BCUT2D eigenvalue weighted by Gasteiger charge is 2.29. The summed E-state index contributed by atoms with van der Waals surface area (Å²) in [6.07, 6.45) is 5.30. The van der Waals surface area contributed by atoms with Crippen molar-refractivity contribution in [3.05, 3.63) is 0 Å². The lowest BCUT2D eigenvalue weighted by Crippen LogP contribution is -2.44. The van der Waals surface area contributed by atoms with Crippen molar-refractivity contribution in [3.63, 3.8) is 0 Å². The highest BCUT2D eigenvalue weighted by Crippen LogP contribution is 2.37. The second-order valence-electron chi connectivity index (χ2n) is 6.75. The maximum atomic E-state index is 4.83. The van der Waals surface area contributed by atoms with Crippen LogP contribution in [0, 0.1) is 5.92 Å². The molecule has 0 aromatic carbocycles. The van der Waals surface area contributed by atoms with Gasteiger partial charge >= 0.3 is 0 Å². The monoisotopic (exact) mass is 312 g/mol. The van der Waals surface area contributed by atoms with E-state index in [0.717, 1.165) is 31.5 Å². The highest BCUT2D eigenvalue weighted by atomic mass is 32.2. The molecule has 0 aromatic rings. The molecule has 0 bridgehead atoms. The van der Waals surface area contributed by atoms with Crippen LogP contribution in [0.1, 0.15) is 39.5 Å². The standard InChI is InChI=1S/C16H32N4S/c1-4-17-15(19-13-16(2)8-6-10-21-16)18-11-14-7-5-9-20(3)12-14/h14H,4-13H2,1-3H3,(H2,17,18,19). The molecule has 5 heteroatoms. The SMILES string of the molecule is CCNC(=NCC1(C)CCCS1)NCC1CCCN(C)C1. The summed E-state index contributed by atoms with van der Waals surface area (Å²) in [6.45, 7) is 9.85. The van der Waals surface area contributed by atoms with Gasteiger partial charge in [0.25, 0.3) is 0 Å². The van der Waals surface area contributed by atoms with Gasteiger partial charge in [-0.05, 0) is 64.8 Å². The maximum absolute atomic E-state index is 4.83. The van der Waals surface area contributed by atoms with Gasteiger partial charge in [0.2, 0.25) is 0 Å². The average molecular weight is 313 g/mol.